The Bertz CT molecular complexity index is 573. The van der Waals surface area contributed by atoms with Crippen LogP contribution in [0.4, 0.5) is 0 Å². The molecular formula is C15H17N2+. The van der Waals surface area contributed by atoms with Gasteiger partial charge in [0.15, 0.2) is 6.20 Å². The van der Waals surface area contributed by atoms with E-state index in [9.17, 15) is 0 Å². The van der Waals surface area contributed by atoms with Crippen LogP contribution in [0.15, 0.2) is 30.7 Å². The molecule has 1 aliphatic carbocycles. The minimum atomic E-state index is 1.22. The molecule has 17 heavy (non-hydrogen) atoms. The largest absolute Gasteiger partial charge is 0.264 e. The molecule has 0 amide bonds. The smallest absolute Gasteiger partial charge is 0.214 e. The molecule has 0 fully saturated rings. The van der Waals surface area contributed by atoms with Gasteiger partial charge in [-0.05, 0) is 43.4 Å². The number of hydrogen-bond donors (Lipinski definition) is 0. The van der Waals surface area contributed by atoms with Crippen molar-refractivity contribution < 1.29 is 4.57 Å². The topological polar surface area (TPSA) is 16.8 Å². The Labute approximate surface area is 102 Å². The fourth-order valence-electron chi connectivity index (χ4n) is 2.67. The van der Waals surface area contributed by atoms with Crippen LogP contribution in [-0.2, 0) is 19.9 Å². The quantitative estimate of drug-likeness (QED) is 0.681. The molecule has 0 spiro atoms. The molecule has 0 saturated carbocycles. The number of pyridine rings is 2. The first-order valence-corrected chi connectivity index (χ1v) is 6.18. The zero-order valence-electron chi connectivity index (χ0n) is 10.4. The molecule has 2 aromatic rings. The third kappa shape index (κ3) is 1.74. The second-order valence-electron chi connectivity index (χ2n) is 4.86. The van der Waals surface area contributed by atoms with Crippen molar-refractivity contribution in [3.63, 3.8) is 0 Å². The van der Waals surface area contributed by atoms with Crippen molar-refractivity contribution in [2.24, 2.45) is 7.05 Å². The van der Waals surface area contributed by atoms with E-state index in [-0.39, 0.29) is 0 Å². The van der Waals surface area contributed by atoms with Gasteiger partial charge >= 0.3 is 0 Å². The highest BCUT2D eigenvalue weighted by atomic mass is 14.9. The Morgan fingerprint density at radius 2 is 2.06 bits per heavy atom. The highest BCUT2D eigenvalue weighted by Gasteiger charge is 2.20. The van der Waals surface area contributed by atoms with Crippen LogP contribution in [0, 0.1) is 6.92 Å². The summed E-state index contributed by atoms with van der Waals surface area (Å²) < 4.78 is 2.23. The first-order chi connectivity index (χ1) is 8.25. The van der Waals surface area contributed by atoms with E-state index in [1.165, 1.54) is 47.2 Å². The lowest BCUT2D eigenvalue weighted by Gasteiger charge is -2.05. The summed E-state index contributed by atoms with van der Waals surface area (Å²) in [7, 11) is 2.13. The molecular weight excluding hydrogens is 208 g/mol. The van der Waals surface area contributed by atoms with Crippen molar-refractivity contribution in [3.05, 3.63) is 47.4 Å². The van der Waals surface area contributed by atoms with Gasteiger partial charge in [-0.3, -0.25) is 4.98 Å². The molecule has 2 heterocycles. The van der Waals surface area contributed by atoms with E-state index in [1.807, 2.05) is 12.4 Å². The van der Waals surface area contributed by atoms with E-state index < -0.39 is 0 Å². The lowest BCUT2D eigenvalue weighted by atomic mass is 10.0. The summed E-state index contributed by atoms with van der Waals surface area (Å²) in [6.07, 6.45) is 9.85. The number of aryl methyl sites for hydroxylation is 4. The minimum Gasteiger partial charge on any atom is -0.264 e. The summed E-state index contributed by atoms with van der Waals surface area (Å²) in [5, 5.41) is 0. The van der Waals surface area contributed by atoms with Crippen LogP contribution in [0.5, 0.6) is 0 Å². The molecule has 1 aliphatic rings. The van der Waals surface area contributed by atoms with Gasteiger partial charge in [0.2, 0.25) is 5.69 Å². The Balaban J connectivity index is 2.19. The van der Waals surface area contributed by atoms with Gasteiger partial charge < -0.3 is 0 Å². The standard InChI is InChI=1S/C15H17N2/c1-11-6-7-16-9-14(11)15-8-12-4-3-5-13(12)10-17(15)2/h6-10H,3-5H2,1-2H3/q+1. The maximum atomic E-state index is 4.24. The van der Waals surface area contributed by atoms with Crippen molar-refractivity contribution in [2.45, 2.75) is 26.2 Å². The maximum Gasteiger partial charge on any atom is 0.214 e. The monoisotopic (exact) mass is 225 g/mol. The zero-order valence-corrected chi connectivity index (χ0v) is 10.4. The van der Waals surface area contributed by atoms with Gasteiger partial charge in [0.05, 0.1) is 5.56 Å². The van der Waals surface area contributed by atoms with Crippen LogP contribution in [0.25, 0.3) is 11.3 Å². The molecule has 0 saturated heterocycles. The molecule has 0 bridgehead atoms. The number of hydrogen-bond acceptors (Lipinski definition) is 1. The van der Waals surface area contributed by atoms with E-state index in [0.29, 0.717) is 0 Å². The van der Waals surface area contributed by atoms with E-state index in [2.05, 4.69) is 41.9 Å². The van der Waals surface area contributed by atoms with Crippen LogP contribution in [0.3, 0.4) is 0 Å². The van der Waals surface area contributed by atoms with E-state index in [1.54, 1.807) is 0 Å². The molecule has 0 N–H and O–H groups in total. The molecule has 2 heteroatoms. The van der Waals surface area contributed by atoms with E-state index in [4.69, 9.17) is 0 Å². The van der Waals surface area contributed by atoms with Crippen LogP contribution in [0.1, 0.15) is 23.1 Å². The average Bonchev–Trinajstić information content (AvgIpc) is 2.76. The summed E-state index contributed by atoms with van der Waals surface area (Å²) in [6, 6.07) is 4.41. The Morgan fingerprint density at radius 3 is 2.88 bits per heavy atom. The lowest BCUT2D eigenvalue weighted by Crippen LogP contribution is -2.31. The normalized spacial score (nSPS) is 13.8. The van der Waals surface area contributed by atoms with Gasteiger partial charge in [-0.2, -0.15) is 0 Å². The lowest BCUT2D eigenvalue weighted by molar-refractivity contribution is -0.660. The van der Waals surface area contributed by atoms with Crippen molar-refractivity contribution in [3.8, 4) is 11.3 Å². The summed E-state index contributed by atoms with van der Waals surface area (Å²) in [5.41, 5.74) is 6.83. The van der Waals surface area contributed by atoms with Gasteiger partial charge in [-0.15, -0.1) is 0 Å². The third-order valence-electron chi connectivity index (χ3n) is 3.66. The van der Waals surface area contributed by atoms with E-state index >= 15 is 0 Å². The molecule has 0 aliphatic heterocycles. The number of nitrogens with zero attached hydrogens (tertiary/aromatic N) is 2. The van der Waals surface area contributed by atoms with Gasteiger partial charge in [0.25, 0.3) is 0 Å². The molecule has 0 atom stereocenters. The molecule has 86 valence electrons. The molecule has 0 radical (unpaired) electrons. The molecule has 3 rings (SSSR count). The highest BCUT2D eigenvalue weighted by Crippen LogP contribution is 2.25. The highest BCUT2D eigenvalue weighted by molar-refractivity contribution is 5.60. The molecule has 2 aromatic heterocycles. The maximum absolute atomic E-state index is 4.24. The third-order valence-corrected chi connectivity index (χ3v) is 3.66. The Hall–Kier alpha value is -1.70. The summed E-state index contributed by atoms with van der Waals surface area (Å²) >= 11 is 0. The van der Waals surface area contributed by atoms with Gasteiger partial charge in [0, 0.05) is 24.0 Å². The second-order valence-corrected chi connectivity index (χ2v) is 4.86. The predicted molar refractivity (Wildman–Crippen MR) is 67.6 cm³/mol. The average molecular weight is 225 g/mol. The van der Waals surface area contributed by atoms with Crippen LogP contribution >= 0.6 is 0 Å². The fraction of sp³-hybridized carbons (Fsp3) is 0.333. The van der Waals surface area contributed by atoms with Gasteiger partial charge in [0.1, 0.15) is 7.05 Å². The van der Waals surface area contributed by atoms with E-state index in [0.717, 1.165) is 0 Å². The summed E-state index contributed by atoms with van der Waals surface area (Å²) in [4.78, 5) is 4.24. The summed E-state index contributed by atoms with van der Waals surface area (Å²) in [5.74, 6) is 0. The zero-order chi connectivity index (χ0) is 11.8. The van der Waals surface area contributed by atoms with Crippen LogP contribution in [-0.4, -0.2) is 4.98 Å². The minimum absolute atomic E-state index is 1.22. The second kappa shape index (κ2) is 3.95. The van der Waals surface area contributed by atoms with Crippen molar-refractivity contribution >= 4 is 0 Å². The fourth-order valence-corrected chi connectivity index (χ4v) is 2.67. The first kappa shape index (κ1) is 10.5. The molecule has 2 nitrogen and oxygen atoms in total. The van der Waals surface area contributed by atoms with Crippen LogP contribution < -0.4 is 4.57 Å². The Morgan fingerprint density at radius 1 is 1.24 bits per heavy atom. The Kier molecular flexibility index (Phi) is 2.43. The number of aromatic nitrogens is 2. The van der Waals surface area contributed by atoms with Crippen molar-refractivity contribution in [1.82, 2.24) is 4.98 Å². The molecule has 0 unspecified atom stereocenters. The van der Waals surface area contributed by atoms with Gasteiger partial charge in [-0.1, -0.05) is 0 Å². The van der Waals surface area contributed by atoms with Gasteiger partial charge in [-0.25, -0.2) is 4.57 Å². The molecule has 0 aromatic carbocycles. The number of fused-ring (bicyclic) bond motifs is 1. The van der Waals surface area contributed by atoms with Crippen molar-refractivity contribution in [2.75, 3.05) is 0 Å². The van der Waals surface area contributed by atoms with Crippen LogP contribution in [0.2, 0.25) is 0 Å². The SMILES string of the molecule is Cc1ccncc1-c1cc2c(c[n+]1C)CCC2. The first-order valence-electron chi connectivity index (χ1n) is 6.18. The number of rotatable bonds is 1. The van der Waals surface area contributed by atoms with Crippen molar-refractivity contribution in [1.29, 1.82) is 0 Å². The predicted octanol–water partition coefficient (Wildman–Crippen LogP) is 2.37. The summed E-state index contributed by atoms with van der Waals surface area (Å²) in [6.45, 7) is 2.14.